The van der Waals surface area contributed by atoms with Crippen LogP contribution in [0.4, 0.5) is 17.1 Å². The minimum atomic E-state index is -0.401. The fourth-order valence-corrected chi connectivity index (χ4v) is 7.13. The molecule has 7 aromatic carbocycles. The van der Waals surface area contributed by atoms with Crippen molar-refractivity contribution in [3.05, 3.63) is 210 Å². The summed E-state index contributed by atoms with van der Waals surface area (Å²) < 4.78 is 0. The summed E-state index contributed by atoms with van der Waals surface area (Å²) in [5.74, 6) is 0. The fourth-order valence-electron chi connectivity index (χ4n) is 7.13. The molecule has 0 aromatic heterocycles. The van der Waals surface area contributed by atoms with Crippen LogP contribution in [0.15, 0.2) is 188 Å². The Kier molecular flexibility index (Phi) is 6.43. The summed E-state index contributed by atoms with van der Waals surface area (Å²) in [6, 6.07) is 68.0. The molecule has 0 bridgehead atoms. The molecule has 0 amide bonds. The van der Waals surface area contributed by atoms with Gasteiger partial charge in [-0.3, -0.25) is 0 Å². The molecule has 0 saturated carbocycles. The number of rotatable bonds is 6. The first-order chi connectivity index (χ1) is 21.9. The van der Waals surface area contributed by atoms with Crippen molar-refractivity contribution in [3.8, 4) is 22.3 Å². The van der Waals surface area contributed by atoms with Gasteiger partial charge in [0, 0.05) is 17.1 Å². The van der Waals surface area contributed by atoms with Crippen molar-refractivity contribution in [1.82, 2.24) is 0 Å². The lowest BCUT2D eigenvalue weighted by Gasteiger charge is -2.34. The van der Waals surface area contributed by atoms with E-state index in [4.69, 9.17) is 0 Å². The van der Waals surface area contributed by atoms with Crippen molar-refractivity contribution in [1.29, 1.82) is 0 Å². The quantitative estimate of drug-likeness (QED) is 0.195. The molecule has 1 aliphatic rings. The highest BCUT2D eigenvalue weighted by molar-refractivity contribution is 5.95. The van der Waals surface area contributed by atoms with E-state index in [2.05, 4.69) is 193 Å². The Bertz CT molecular complexity index is 1950. The smallest absolute Gasteiger partial charge is 0.0713 e. The number of anilines is 3. The van der Waals surface area contributed by atoms with Gasteiger partial charge in [0.1, 0.15) is 0 Å². The minimum absolute atomic E-state index is 0.401. The third-order valence-electron chi connectivity index (χ3n) is 8.95. The van der Waals surface area contributed by atoms with Gasteiger partial charge in [-0.25, -0.2) is 0 Å². The monoisotopic (exact) mass is 561 g/mol. The highest BCUT2D eigenvalue weighted by Gasteiger charge is 2.46. The first-order valence-corrected chi connectivity index (χ1v) is 15.2. The molecule has 0 saturated heterocycles. The van der Waals surface area contributed by atoms with Gasteiger partial charge in [-0.15, -0.1) is 0 Å². The molecule has 208 valence electrons. The van der Waals surface area contributed by atoms with E-state index in [0.29, 0.717) is 0 Å². The Morgan fingerprint density at radius 3 is 1.32 bits per heavy atom. The average Bonchev–Trinajstić information content (AvgIpc) is 3.42. The predicted molar refractivity (Wildman–Crippen MR) is 184 cm³/mol. The number of para-hydroxylation sites is 2. The van der Waals surface area contributed by atoms with Gasteiger partial charge in [-0.2, -0.15) is 0 Å². The van der Waals surface area contributed by atoms with Gasteiger partial charge in [0.2, 0.25) is 0 Å². The van der Waals surface area contributed by atoms with Gasteiger partial charge in [0.05, 0.1) is 5.41 Å². The average molecular weight is 562 g/mol. The molecule has 1 aliphatic carbocycles. The molecular formula is C43H31N. The molecule has 0 fully saturated rings. The zero-order chi connectivity index (χ0) is 29.3. The maximum Gasteiger partial charge on any atom is 0.0713 e. The van der Waals surface area contributed by atoms with Crippen molar-refractivity contribution in [2.45, 2.75) is 5.41 Å². The van der Waals surface area contributed by atoms with Crippen LogP contribution in [0.2, 0.25) is 0 Å². The summed E-state index contributed by atoms with van der Waals surface area (Å²) in [5.41, 5.74) is 13.3. The van der Waals surface area contributed by atoms with Gasteiger partial charge >= 0.3 is 0 Å². The van der Waals surface area contributed by atoms with Gasteiger partial charge in [-0.05, 0) is 80.9 Å². The minimum Gasteiger partial charge on any atom is -0.311 e. The Morgan fingerprint density at radius 1 is 0.318 bits per heavy atom. The summed E-state index contributed by atoms with van der Waals surface area (Å²) in [4.78, 5) is 2.31. The van der Waals surface area contributed by atoms with Crippen molar-refractivity contribution >= 4 is 17.1 Å². The topological polar surface area (TPSA) is 3.24 Å². The Balaban J connectivity index is 1.32. The molecule has 8 rings (SSSR count). The number of fused-ring (bicyclic) bond motifs is 3. The van der Waals surface area contributed by atoms with E-state index < -0.39 is 5.41 Å². The van der Waals surface area contributed by atoms with Crippen LogP contribution >= 0.6 is 0 Å². The number of hydrogen-bond acceptors (Lipinski definition) is 1. The predicted octanol–water partition coefficient (Wildman–Crippen LogP) is 11.2. The Hall–Kier alpha value is -5.66. The normalized spacial score (nSPS) is 12.7. The lowest BCUT2D eigenvalue weighted by molar-refractivity contribution is 0.768. The second kappa shape index (κ2) is 10.9. The van der Waals surface area contributed by atoms with Crippen LogP contribution in [0.1, 0.15) is 22.3 Å². The maximum absolute atomic E-state index is 2.33. The van der Waals surface area contributed by atoms with E-state index in [9.17, 15) is 0 Å². The van der Waals surface area contributed by atoms with Crippen LogP contribution in [0.25, 0.3) is 22.3 Å². The molecule has 0 unspecified atom stereocenters. The van der Waals surface area contributed by atoms with Crippen molar-refractivity contribution in [2.75, 3.05) is 4.90 Å². The van der Waals surface area contributed by atoms with E-state index in [0.717, 1.165) is 17.1 Å². The molecule has 1 nitrogen and oxygen atoms in total. The highest BCUT2D eigenvalue weighted by atomic mass is 15.1. The van der Waals surface area contributed by atoms with Crippen molar-refractivity contribution in [3.63, 3.8) is 0 Å². The SMILES string of the molecule is c1ccc(N(c2ccccc2)c2ccc(-c3cccc4c3-c3ccccc3C4(c3ccccc3)c3ccccc3)cc2)cc1. The Morgan fingerprint density at radius 2 is 0.750 bits per heavy atom. The van der Waals surface area contributed by atoms with E-state index in [-0.39, 0.29) is 0 Å². The van der Waals surface area contributed by atoms with E-state index >= 15 is 0 Å². The van der Waals surface area contributed by atoms with Crippen molar-refractivity contribution in [2.24, 2.45) is 0 Å². The third-order valence-corrected chi connectivity index (χ3v) is 8.95. The first kappa shape index (κ1) is 26.0. The first-order valence-electron chi connectivity index (χ1n) is 15.2. The van der Waals surface area contributed by atoms with E-state index in [1.54, 1.807) is 0 Å². The van der Waals surface area contributed by atoms with Gasteiger partial charge in [0.25, 0.3) is 0 Å². The molecule has 0 radical (unpaired) electrons. The number of hydrogen-bond donors (Lipinski definition) is 0. The van der Waals surface area contributed by atoms with Crippen LogP contribution in [-0.4, -0.2) is 0 Å². The molecule has 0 atom stereocenters. The molecular weight excluding hydrogens is 530 g/mol. The summed E-state index contributed by atoms with van der Waals surface area (Å²) in [6.45, 7) is 0. The van der Waals surface area contributed by atoms with Gasteiger partial charge in [-0.1, -0.05) is 152 Å². The largest absolute Gasteiger partial charge is 0.311 e. The second-order valence-electron chi connectivity index (χ2n) is 11.3. The zero-order valence-corrected chi connectivity index (χ0v) is 24.3. The van der Waals surface area contributed by atoms with Crippen LogP contribution in [0, 0.1) is 0 Å². The summed E-state index contributed by atoms with van der Waals surface area (Å²) in [5, 5.41) is 0. The van der Waals surface area contributed by atoms with Crippen LogP contribution in [0.3, 0.4) is 0 Å². The summed E-state index contributed by atoms with van der Waals surface area (Å²) in [7, 11) is 0. The van der Waals surface area contributed by atoms with Crippen LogP contribution in [0.5, 0.6) is 0 Å². The molecule has 0 heterocycles. The summed E-state index contributed by atoms with van der Waals surface area (Å²) >= 11 is 0. The van der Waals surface area contributed by atoms with Crippen LogP contribution < -0.4 is 4.90 Å². The Labute approximate surface area is 259 Å². The lowest BCUT2D eigenvalue weighted by atomic mass is 9.67. The second-order valence-corrected chi connectivity index (χ2v) is 11.3. The highest BCUT2D eigenvalue weighted by Crippen LogP contribution is 2.58. The molecule has 7 aromatic rings. The number of benzene rings is 7. The van der Waals surface area contributed by atoms with Crippen LogP contribution in [-0.2, 0) is 5.41 Å². The molecule has 0 spiro atoms. The zero-order valence-electron chi connectivity index (χ0n) is 24.3. The molecule has 44 heavy (non-hydrogen) atoms. The lowest BCUT2D eigenvalue weighted by Crippen LogP contribution is -2.28. The number of nitrogens with zero attached hydrogens (tertiary/aromatic N) is 1. The van der Waals surface area contributed by atoms with Crippen molar-refractivity contribution < 1.29 is 0 Å². The summed E-state index contributed by atoms with van der Waals surface area (Å²) in [6.07, 6.45) is 0. The van der Waals surface area contributed by atoms with Gasteiger partial charge in [0.15, 0.2) is 0 Å². The van der Waals surface area contributed by atoms with E-state index in [1.807, 2.05) is 0 Å². The molecule has 0 aliphatic heterocycles. The standard InChI is InChI=1S/C43H31N/c1-5-16-33(17-6-1)43(34-18-7-2-8-19-34)40-26-14-13-24-39(40)42-38(25-15-27-41(42)43)32-28-30-37(31-29-32)44(35-20-9-3-10-21-35)36-22-11-4-12-23-36/h1-31H. The fraction of sp³-hybridized carbons (Fsp3) is 0.0233. The maximum atomic E-state index is 2.33. The molecule has 0 N–H and O–H groups in total. The molecule has 1 heteroatoms. The van der Waals surface area contributed by atoms with Gasteiger partial charge < -0.3 is 4.90 Å². The third kappa shape index (κ3) is 4.09. The van der Waals surface area contributed by atoms with E-state index in [1.165, 1.54) is 44.5 Å².